The van der Waals surface area contributed by atoms with Crippen molar-refractivity contribution in [2.75, 3.05) is 16.8 Å². The Balaban J connectivity index is 1.32. The van der Waals surface area contributed by atoms with Gasteiger partial charge < -0.3 is 24.8 Å². The molecule has 2 atom stereocenters. The number of ether oxygens (including phenoxy) is 1. The second-order valence-corrected chi connectivity index (χ2v) is 11.6. The first kappa shape index (κ1) is 29.1. The maximum absolute atomic E-state index is 12.6. The number of nitrogens with one attached hydrogen (secondary N) is 2. The van der Waals surface area contributed by atoms with Gasteiger partial charge in [0.15, 0.2) is 11.7 Å². The van der Waals surface area contributed by atoms with Crippen molar-refractivity contribution in [2.24, 2.45) is 0 Å². The number of pyridine rings is 1. The summed E-state index contributed by atoms with van der Waals surface area (Å²) in [5.41, 5.74) is 9.58. The highest BCUT2D eigenvalue weighted by Crippen LogP contribution is 2.44. The van der Waals surface area contributed by atoms with Crippen LogP contribution in [0.3, 0.4) is 0 Å². The van der Waals surface area contributed by atoms with E-state index in [0.717, 1.165) is 28.5 Å². The van der Waals surface area contributed by atoms with E-state index in [4.69, 9.17) is 21.9 Å². The highest BCUT2D eigenvalue weighted by atomic mass is 32.1. The molecular weight excluding hydrogens is 566 g/mol. The second kappa shape index (κ2) is 12.3. The van der Waals surface area contributed by atoms with E-state index in [0.29, 0.717) is 16.5 Å². The van der Waals surface area contributed by atoms with Gasteiger partial charge in [-0.25, -0.2) is 0 Å². The summed E-state index contributed by atoms with van der Waals surface area (Å²) in [6.45, 7) is 8.51. The summed E-state index contributed by atoms with van der Waals surface area (Å²) in [7, 11) is 0. The Morgan fingerprint density at radius 3 is 2.27 bits per heavy atom. The number of thiocarbonyl (C=S) groups is 1. The van der Waals surface area contributed by atoms with Gasteiger partial charge in [0.05, 0.1) is 17.8 Å². The monoisotopic (exact) mass is 601 g/mol. The number of para-hydroxylation sites is 1. The topological polar surface area (TPSA) is 71.4 Å². The van der Waals surface area contributed by atoms with E-state index < -0.39 is 0 Å². The third-order valence-electron chi connectivity index (χ3n) is 7.89. The van der Waals surface area contributed by atoms with Crippen molar-refractivity contribution in [3.05, 3.63) is 137 Å². The van der Waals surface area contributed by atoms with Gasteiger partial charge >= 0.3 is 0 Å². The molecule has 1 saturated heterocycles. The summed E-state index contributed by atoms with van der Waals surface area (Å²) in [6, 6.07) is 31.6. The number of carbonyl (C=O) groups excluding carboxylic acids is 1. The van der Waals surface area contributed by atoms with E-state index in [2.05, 4.69) is 72.1 Å². The third kappa shape index (κ3) is 5.94. The lowest BCUT2D eigenvalue weighted by Crippen LogP contribution is -2.29. The highest BCUT2D eigenvalue weighted by molar-refractivity contribution is 7.80. The van der Waals surface area contributed by atoms with Crippen molar-refractivity contribution in [1.82, 2.24) is 14.9 Å². The van der Waals surface area contributed by atoms with E-state index in [9.17, 15) is 4.79 Å². The van der Waals surface area contributed by atoms with E-state index in [1.54, 1.807) is 0 Å². The molecule has 0 spiro atoms. The van der Waals surface area contributed by atoms with Crippen LogP contribution in [0.4, 0.5) is 11.4 Å². The van der Waals surface area contributed by atoms with Crippen molar-refractivity contribution in [3.63, 3.8) is 0 Å². The summed E-state index contributed by atoms with van der Waals surface area (Å²) in [6.07, 6.45) is 1.82. The van der Waals surface area contributed by atoms with Crippen molar-refractivity contribution in [2.45, 2.75) is 39.8 Å². The molecule has 0 radical (unpaired) electrons. The smallest absolute Gasteiger partial charge is 0.262 e. The van der Waals surface area contributed by atoms with Gasteiger partial charge in [-0.05, 0) is 123 Å². The molecule has 7 nitrogen and oxygen atoms in total. The largest absolute Gasteiger partial charge is 0.484 e. The van der Waals surface area contributed by atoms with Crippen LogP contribution in [0.25, 0.3) is 5.69 Å². The zero-order valence-corrected chi connectivity index (χ0v) is 26.1. The molecule has 0 saturated carbocycles. The molecule has 5 aromatic rings. The minimum atomic E-state index is -0.230. The van der Waals surface area contributed by atoms with Crippen LogP contribution in [0.1, 0.15) is 45.9 Å². The molecule has 1 aliphatic rings. The van der Waals surface area contributed by atoms with Crippen molar-refractivity contribution in [3.8, 4) is 11.4 Å². The van der Waals surface area contributed by atoms with Crippen molar-refractivity contribution < 1.29 is 9.53 Å². The summed E-state index contributed by atoms with van der Waals surface area (Å²) in [5.74, 6) is 0.422. The molecule has 2 N–H and O–H groups in total. The first-order chi connectivity index (χ1) is 21.3. The second-order valence-electron chi connectivity index (χ2n) is 11.2. The Hall–Kier alpha value is -4.95. The van der Waals surface area contributed by atoms with Crippen LogP contribution in [0, 0.1) is 27.7 Å². The summed E-state index contributed by atoms with van der Waals surface area (Å²) < 4.78 is 7.91. The molecule has 1 aliphatic heterocycles. The summed E-state index contributed by atoms with van der Waals surface area (Å²) in [5, 5.41) is 7.10. The van der Waals surface area contributed by atoms with E-state index >= 15 is 0 Å². The molecule has 2 aromatic heterocycles. The molecule has 1 fully saturated rings. The van der Waals surface area contributed by atoms with E-state index in [-0.39, 0.29) is 24.6 Å². The zero-order chi connectivity index (χ0) is 30.8. The molecule has 0 unspecified atom stereocenters. The van der Waals surface area contributed by atoms with Crippen molar-refractivity contribution in [1.29, 1.82) is 0 Å². The first-order valence-electron chi connectivity index (χ1n) is 14.6. The Kier molecular flexibility index (Phi) is 8.17. The van der Waals surface area contributed by atoms with Crippen LogP contribution < -0.4 is 20.3 Å². The normalized spacial score (nSPS) is 16.1. The van der Waals surface area contributed by atoms with Gasteiger partial charge in [-0.1, -0.05) is 30.3 Å². The van der Waals surface area contributed by atoms with Gasteiger partial charge in [0, 0.05) is 34.6 Å². The lowest BCUT2D eigenvalue weighted by Gasteiger charge is -2.28. The molecule has 1 amide bonds. The fourth-order valence-corrected chi connectivity index (χ4v) is 6.43. The minimum absolute atomic E-state index is 0.0736. The van der Waals surface area contributed by atoms with E-state index in [1.165, 1.54) is 16.7 Å². The number of benzene rings is 3. The van der Waals surface area contributed by atoms with Crippen LogP contribution in [-0.4, -0.2) is 27.2 Å². The SMILES string of the molecule is Cc1cc(C)cc(-n2c(C)cc([C@H]3[C@H](c4ccccn4)NC(=S)N3c3ccc(NC(=O)COc4ccccc4)cc3)c2C)c1. The number of hydrogen-bond acceptors (Lipinski definition) is 4. The Bertz CT molecular complexity index is 1780. The molecule has 8 heteroatoms. The molecule has 0 aliphatic carbocycles. The average molecular weight is 602 g/mol. The van der Waals surface area contributed by atoms with Gasteiger partial charge in [0.1, 0.15) is 5.75 Å². The van der Waals surface area contributed by atoms with Crippen LogP contribution in [0.5, 0.6) is 5.75 Å². The lowest BCUT2D eigenvalue weighted by atomic mass is 9.96. The maximum Gasteiger partial charge on any atom is 0.262 e. The zero-order valence-electron chi connectivity index (χ0n) is 25.2. The molecule has 222 valence electrons. The number of anilines is 2. The van der Waals surface area contributed by atoms with Gasteiger partial charge in [0.25, 0.3) is 5.91 Å². The summed E-state index contributed by atoms with van der Waals surface area (Å²) >= 11 is 5.96. The molecule has 6 rings (SSSR count). The molecule has 3 heterocycles. The predicted molar refractivity (Wildman–Crippen MR) is 180 cm³/mol. The standard InChI is InChI=1S/C36H35N5O2S/c1-23-18-24(2)20-29(19-23)40-25(3)21-31(26(40)4)35-34(32-12-8-9-17-37-32)39-36(44)41(35)28-15-13-27(14-16-28)38-33(42)22-43-30-10-6-5-7-11-30/h5-21,34-35H,22H2,1-4H3,(H,38,42)(H,39,44)/t34-,35-/m0/s1. The number of nitrogens with zero attached hydrogens (tertiary/aromatic N) is 3. The maximum atomic E-state index is 12.6. The van der Waals surface area contributed by atoms with Gasteiger partial charge in [-0.3, -0.25) is 9.78 Å². The first-order valence-corrected chi connectivity index (χ1v) is 15.1. The van der Waals surface area contributed by atoms with Gasteiger partial charge in [-0.2, -0.15) is 0 Å². The third-order valence-corrected chi connectivity index (χ3v) is 8.21. The van der Waals surface area contributed by atoms with Gasteiger partial charge in [-0.15, -0.1) is 0 Å². The molecule has 3 aromatic carbocycles. The Labute approximate surface area is 263 Å². The predicted octanol–water partition coefficient (Wildman–Crippen LogP) is 7.30. The number of amides is 1. The number of hydrogen-bond donors (Lipinski definition) is 2. The van der Waals surface area contributed by atoms with Gasteiger partial charge in [0.2, 0.25) is 0 Å². The van der Waals surface area contributed by atoms with Crippen LogP contribution in [0.15, 0.2) is 103 Å². The Morgan fingerprint density at radius 1 is 0.886 bits per heavy atom. The number of aryl methyl sites for hydroxylation is 3. The Morgan fingerprint density at radius 2 is 1.59 bits per heavy atom. The quantitative estimate of drug-likeness (QED) is 0.182. The molecular formula is C36H35N5O2S. The number of rotatable bonds is 8. The fraction of sp³-hybridized carbons (Fsp3) is 0.194. The lowest BCUT2D eigenvalue weighted by molar-refractivity contribution is -0.118. The highest BCUT2D eigenvalue weighted by Gasteiger charge is 2.42. The fourth-order valence-electron chi connectivity index (χ4n) is 6.08. The number of aromatic nitrogens is 2. The van der Waals surface area contributed by atoms with Crippen molar-refractivity contribution >= 4 is 34.6 Å². The molecule has 0 bridgehead atoms. The van der Waals surface area contributed by atoms with Crippen LogP contribution >= 0.6 is 12.2 Å². The van der Waals surface area contributed by atoms with Crippen LogP contribution in [0.2, 0.25) is 0 Å². The number of carbonyl (C=O) groups is 1. The minimum Gasteiger partial charge on any atom is -0.484 e. The average Bonchev–Trinajstić information content (AvgIpc) is 3.51. The summed E-state index contributed by atoms with van der Waals surface area (Å²) in [4.78, 5) is 19.4. The molecule has 44 heavy (non-hydrogen) atoms. The van der Waals surface area contributed by atoms with E-state index in [1.807, 2.05) is 79.0 Å². The van der Waals surface area contributed by atoms with Crippen LogP contribution in [-0.2, 0) is 4.79 Å².